The summed E-state index contributed by atoms with van der Waals surface area (Å²) >= 11 is 3.57. The predicted molar refractivity (Wildman–Crippen MR) is 493 cm³/mol. The molecule has 2 aliphatic heterocycles. The van der Waals surface area contributed by atoms with Gasteiger partial charge in [-0.15, -0.1) is 0 Å². The van der Waals surface area contributed by atoms with E-state index in [1.165, 1.54) is 88.7 Å². The van der Waals surface area contributed by atoms with Crippen molar-refractivity contribution in [3.05, 3.63) is 437 Å². The van der Waals surface area contributed by atoms with Crippen LogP contribution in [-0.2, 0) is 10.8 Å². The molecule has 18 aromatic carbocycles. The summed E-state index contributed by atoms with van der Waals surface area (Å²) < 4.78 is 32.5. The molecule has 4 aliphatic rings. The smallest absolute Gasteiger partial charge is 0.149 e. The van der Waals surface area contributed by atoms with Gasteiger partial charge in [0.2, 0.25) is 0 Å². The van der Waals surface area contributed by atoms with Crippen molar-refractivity contribution in [1.29, 1.82) is 0 Å². The summed E-state index contributed by atoms with van der Waals surface area (Å²) in [7, 11) is 1.69. The highest BCUT2D eigenvalue weighted by atomic mass is 32.2. The number of ether oxygens (including phenoxy) is 3. The lowest BCUT2D eigenvalue weighted by atomic mass is 9.66. The number of para-hydroxylation sites is 4. The molecule has 2 aliphatic carbocycles. The Hall–Kier alpha value is -14.2. The van der Waals surface area contributed by atoms with Crippen molar-refractivity contribution in [2.45, 2.75) is 58.1 Å². The van der Waals surface area contributed by atoms with E-state index in [0.29, 0.717) is 0 Å². The van der Waals surface area contributed by atoms with E-state index in [4.69, 9.17) is 23.0 Å². The first kappa shape index (κ1) is 71.1. The van der Waals surface area contributed by atoms with Crippen molar-refractivity contribution >= 4 is 123 Å². The second-order valence-corrected chi connectivity index (χ2v) is 34.0. The van der Waals surface area contributed by atoms with Gasteiger partial charge in [-0.05, 0) is 209 Å². The quantitative estimate of drug-likeness (QED) is 0.126. The SMILES string of the molecule is COc1ccc2c(c1)oc1cccc(N(c3ccccc3)c3cccc4c(C5(c6ccc(C)cc6)c6ccccc6-c6c5ccc5c6Oc6ccccc6S5)cccc34)c12.Cc1ccc(N(c2ccc(C3(c4cc(C)cc(C)c4)c4ccccc4-c4c3ccc3c4Oc4ccccc4S3)c3ccccc23)c2cccc3oc4ccccc4c23)cc1. The summed E-state index contributed by atoms with van der Waals surface area (Å²) in [5, 5.41) is 8.94. The lowest BCUT2D eigenvalue weighted by molar-refractivity contribution is 0.414. The molecule has 24 rings (SSSR count). The molecule has 572 valence electrons. The van der Waals surface area contributed by atoms with Crippen LogP contribution in [0.5, 0.6) is 28.7 Å². The Morgan fingerprint density at radius 2 is 0.708 bits per heavy atom. The molecule has 9 heteroatoms. The van der Waals surface area contributed by atoms with Crippen molar-refractivity contribution in [3.8, 4) is 51.0 Å². The topological polar surface area (TPSA) is 60.5 Å². The molecule has 0 radical (unpaired) electrons. The van der Waals surface area contributed by atoms with Crippen LogP contribution in [0.3, 0.4) is 0 Å². The zero-order chi connectivity index (χ0) is 80.1. The van der Waals surface area contributed by atoms with Crippen LogP contribution in [0.4, 0.5) is 34.1 Å². The molecular formula is C111H76N2O5S2. The molecule has 0 saturated heterocycles. The van der Waals surface area contributed by atoms with Gasteiger partial charge in [-0.25, -0.2) is 0 Å². The van der Waals surface area contributed by atoms with Crippen LogP contribution in [0.15, 0.2) is 398 Å². The first-order chi connectivity index (χ1) is 59.1. The number of anilines is 6. The minimum Gasteiger partial charge on any atom is -0.497 e. The Labute approximate surface area is 703 Å². The summed E-state index contributed by atoms with van der Waals surface area (Å²) in [4.78, 5) is 9.34. The van der Waals surface area contributed by atoms with Gasteiger partial charge in [0.1, 0.15) is 51.1 Å². The minimum atomic E-state index is -0.658. The molecule has 2 aromatic heterocycles. The fraction of sp³-hybridized carbons (Fsp3) is 0.0631. The molecular weight excluding hydrogens is 1510 g/mol. The first-order valence-electron chi connectivity index (χ1n) is 40.8. The molecule has 0 fully saturated rings. The van der Waals surface area contributed by atoms with E-state index in [1.807, 2.05) is 18.2 Å². The van der Waals surface area contributed by atoms with E-state index < -0.39 is 10.8 Å². The zero-order valence-electron chi connectivity index (χ0n) is 66.5. The average molecular weight is 1580 g/mol. The molecule has 120 heavy (non-hydrogen) atoms. The molecule has 0 spiro atoms. The summed E-state index contributed by atoms with van der Waals surface area (Å²) in [6.45, 7) is 8.74. The molecule has 7 nitrogen and oxygen atoms in total. The number of hydrogen-bond acceptors (Lipinski definition) is 9. The van der Waals surface area contributed by atoms with Gasteiger partial charge in [-0.1, -0.05) is 294 Å². The monoisotopic (exact) mass is 1580 g/mol. The number of aryl methyl sites for hydroxylation is 4. The molecule has 0 bridgehead atoms. The standard InChI is InChI=1S/C56H39NO2S.C55H37NO3S/c1-34-23-25-38(26-24-34)57(47-18-12-21-50-54(47)42-16-7-9-19-48(42)58-50)46-29-27-44(39-13-4-5-14-40(39)46)56(37-32-35(2)31-36(3)33-37)43-17-8-6-15-41(43)53-45(56)28-30-52-55(53)59-49-20-10-11-22-51(49)60-52;1-34-25-27-35(28-26-34)55(43-18-7-6-15-40(43)52-44(55)31-32-51-54(52)59-47-22-8-9-24-50(47)60-51)42-19-10-17-39-38(42)16-11-20-45(39)56(36-13-4-3-5-14-36)46-21-12-23-48-53(46)41-30-29-37(57-2)33-49(41)58-48/h4-33H,1-3H3;3-33H,1-2H3. The number of benzene rings is 18. The van der Waals surface area contributed by atoms with E-state index in [2.05, 4.69) is 389 Å². The maximum atomic E-state index is 6.96. The fourth-order valence-electron chi connectivity index (χ4n) is 19.9. The van der Waals surface area contributed by atoms with Crippen molar-refractivity contribution in [1.82, 2.24) is 0 Å². The van der Waals surface area contributed by atoms with Gasteiger partial charge in [0, 0.05) is 50.1 Å². The molecule has 0 saturated carbocycles. The van der Waals surface area contributed by atoms with Gasteiger partial charge in [0.25, 0.3) is 0 Å². The summed E-state index contributed by atoms with van der Waals surface area (Å²) in [5.74, 6) is 4.41. The third-order valence-electron chi connectivity index (χ3n) is 24.9. The molecule has 2 unspecified atom stereocenters. The number of fused-ring (bicyclic) bond motifs is 20. The third kappa shape index (κ3) is 10.9. The number of nitrogens with zero attached hydrogens (tertiary/aromatic N) is 2. The van der Waals surface area contributed by atoms with Crippen molar-refractivity contribution < 1.29 is 23.0 Å². The summed E-state index contributed by atoms with van der Waals surface area (Å²) in [5.41, 5.74) is 27.9. The Morgan fingerprint density at radius 1 is 0.275 bits per heavy atom. The highest BCUT2D eigenvalue weighted by molar-refractivity contribution is 8.00. The van der Waals surface area contributed by atoms with Crippen molar-refractivity contribution in [3.63, 3.8) is 0 Å². The zero-order valence-corrected chi connectivity index (χ0v) is 68.1. The largest absolute Gasteiger partial charge is 0.497 e. The van der Waals surface area contributed by atoms with Gasteiger partial charge >= 0.3 is 0 Å². The van der Waals surface area contributed by atoms with Gasteiger partial charge in [0.15, 0.2) is 0 Å². The van der Waals surface area contributed by atoms with Gasteiger partial charge in [-0.2, -0.15) is 0 Å². The van der Waals surface area contributed by atoms with E-state index in [9.17, 15) is 0 Å². The number of hydrogen-bond donors (Lipinski definition) is 0. The van der Waals surface area contributed by atoms with Crippen LogP contribution < -0.4 is 24.0 Å². The number of methoxy groups -OCH3 is 1. The maximum absolute atomic E-state index is 6.96. The second-order valence-electron chi connectivity index (χ2n) is 31.8. The van der Waals surface area contributed by atoms with Crippen LogP contribution in [0.25, 0.3) is 87.7 Å². The van der Waals surface area contributed by atoms with E-state index in [0.717, 1.165) is 148 Å². The molecule has 0 N–H and O–H groups in total. The Morgan fingerprint density at radius 3 is 1.32 bits per heavy atom. The van der Waals surface area contributed by atoms with E-state index >= 15 is 0 Å². The number of rotatable bonds is 11. The predicted octanol–water partition coefficient (Wildman–Crippen LogP) is 30.9. The van der Waals surface area contributed by atoms with E-state index in [-0.39, 0.29) is 0 Å². The fourth-order valence-corrected chi connectivity index (χ4v) is 21.9. The van der Waals surface area contributed by atoms with Crippen LogP contribution in [0, 0.1) is 27.7 Å². The average Bonchev–Trinajstić information content (AvgIpc) is 1.51. The third-order valence-corrected chi connectivity index (χ3v) is 27.1. The highest BCUT2D eigenvalue weighted by Gasteiger charge is 2.51. The van der Waals surface area contributed by atoms with Gasteiger partial charge in [0.05, 0.1) is 71.0 Å². The van der Waals surface area contributed by atoms with Crippen LogP contribution >= 0.6 is 23.5 Å². The van der Waals surface area contributed by atoms with Gasteiger partial charge < -0.3 is 32.8 Å². The Kier molecular flexibility index (Phi) is 16.6. The lowest BCUT2D eigenvalue weighted by Crippen LogP contribution is -2.29. The molecule has 2 atom stereocenters. The summed E-state index contributed by atoms with van der Waals surface area (Å²) in [6.07, 6.45) is 0. The maximum Gasteiger partial charge on any atom is 0.149 e. The van der Waals surface area contributed by atoms with Crippen LogP contribution in [0.1, 0.15) is 66.8 Å². The van der Waals surface area contributed by atoms with Crippen LogP contribution in [-0.4, -0.2) is 7.11 Å². The molecule has 0 amide bonds. The first-order valence-corrected chi connectivity index (χ1v) is 42.5. The molecule has 4 heterocycles. The lowest BCUT2D eigenvalue weighted by Gasteiger charge is -2.36. The van der Waals surface area contributed by atoms with E-state index in [1.54, 1.807) is 30.6 Å². The normalized spacial score (nSPS) is 15.0. The van der Waals surface area contributed by atoms with Crippen LogP contribution in [0.2, 0.25) is 0 Å². The Bertz CT molecular complexity index is 7600. The second kappa shape index (κ2) is 28.0. The van der Waals surface area contributed by atoms with Gasteiger partial charge in [-0.3, -0.25) is 0 Å². The Balaban J connectivity index is 0.000000140. The summed E-state index contributed by atoms with van der Waals surface area (Å²) in [6, 6.07) is 134. The minimum absolute atomic E-state index is 0.656. The van der Waals surface area contributed by atoms with Crippen molar-refractivity contribution in [2.24, 2.45) is 0 Å². The number of furan rings is 2. The molecule has 20 aromatic rings. The highest BCUT2D eigenvalue weighted by Crippen LogP contribution is 2.66. The van der Waals surface area contributed by atoms with Crippen molar-refractivity contribution in [2.75, 3.05) is 16.9 Å².